The van der Waals surface area contributed by atoms with E-state index in [1.807, 2.05) is 23.3 Å². The molecule has 2 atom stereocenters. The molecular formula is C12H16N2O2. The summed E-state index contributed by atoms with van der Waals surface area (Å²) in [4.78, 5) is 11.3. The summed E-state index contributed by atoms with van der Waals surface area (Å²) in [6.45, 7) is 0.970. The summed E-state index contributed by atoms with van der Waals surface area (Å²) in [6, 6.07) is 10.3. The van der Waals surface area contributed by atoms with Crippen LogP contribution in [0, 0.1) is 0 Å². The molecule has 2 saturated heterocycles. The van der Waals surface area contributed by atoms with Crippen LogP contribution in [0.3, 0.4) is 0 Å². The third-order valence-corrected chi connectivity index (χ3v) is 3.01. The van der Waals surface area contributed by atoms with Crippen molar-refractivity contribution in [3.8, 4) is 0 Å². The highest BCUT2D eigenvalue weighted by Gasteiger charge is 2.33. The van der Waals surface area contributed by atoms with Gasteiger partial charge in [0, 0.05) is 13.0 Å². The van der Waals surface area contributed by atoms with E-state index in [-0.39, 0.29) is 12.5 Å². The smallest absolute Gasteiger partial charge is 0.155 e. The van der Waals surface area contributed by atoms with E-state index < -0.39 is 0 Å². The number of hydrogen-bond donors (Lipinski definition) is 1. The third-order valence-electron chi connectivity index (χ3n) is 3.01. The Morgan fingerprint density at radius 3 is 3.06 bits per heavy atom. The third kappa shape index (κ3) is 2.10. The zero-order valence-electron chi connectivity index (χ0n) is 9.13. The summed E-state index contributed by atoms with van der Waals surface area (Å²) in [6.07, 6.45) is 3.04. The van der Waals surface area contributed by atoms with E-state index >= 15 is 0 Å². The zero-order valence-corrected chi connectivity index (χ0v) is 9.13. The van der Waals surface area contributed by atoms with Gasteiger partial charge in [-0.3, -0.25) is 9.68 Å². The lowest BCUT2D eigenvalue weighted by molar-refractivity contribution is -0.351. The van der Waals surface area contributed by atoms with Crippen molar-refractivity contribution >= 4 is 0 Å². The number of nitrogens with zero attached hydrogens (tertiary/aromatic N) is 1. The highest BCUT2D eigenvalue weighted by molar-refractivity contribution is 5.15. The molecule has 0 saturated carbocycles. The van der Waals surface area contributed by atoms with E-state index in [2.05, 4.69) is 17.6 Å². The molecule has 2 unspecified atom stereocenters. The Morgan fingerprint density at radius 2 is 2.19 bits per heavy atom. The Kier molecular flexibility index (Phi) is 2.88. The van der Waals surface area contributed by atoms with Crippen LogP contribution in [0.25, 0.3) is 0 Å². The average molecular weight is 220 g/mol. The molecule has 86 valence electrons. The zero-order chi connectivity index (χ0) is 10.8. The molecule has 2 heterocycles. The molecule has 2 aliphatic heterocycles. The molecule has 0 spiro atoms. The summed E-state index contributed by atoms with van der Waals surface area (Å²) < 4.78 is 0. The van der Waals surface area contributed by atoms with Gasteiger partial charge in [-0.1, -0.05) is 30.3 Å². The Balaban J connectivity index is 1.60. The first kappa shape index (κ1) is 10.2. The number of nitrogens with one attached hydrogen (secondary N) is 1. The van der Waals surface area contributed by atoms with Gasteiger partial charge in [-0.25, -0.2) is 0 Å². The first-order valence-corrected chi connectivity index (χ1v) is 5.80. The summed E-state index contributed by atoms with van der Waals surface area (Å²) in [7, 11) is 0. The lowest BCUT2D eigenvalue weighted by Gasteiger charge is -2.34. The largest absolute Gasteiger partial charge is 0.278 e. The van der Waals surface area contributed by atoms with Gasteiger partial charge in [-0.05, 0) is 18.4 Å². The van der Waals surface area contributed by atoms with E-state index in [9.17, 15) is 0 Å². The summed E-state index contributed by atoms with van der Waals surface area (Å²) in [5.74, 6) is 0. The van der Waals surface area contributed by atoms with Gasteiger partial charge in [0.05, 0.1) is 0 Å². The van der Waals surface area contributed by atoms with E-state index in [4.69, 9.17) is 9.68 Å². The normalized spacial score (nSPS) is 30.2. The van der Waals surface area contributed by atoms with Crippen LogP contribution >= 0.6 is 0 Å². The van der Waals surface area contributed by atoms with E-state index in [1.165, 1.54) is 5.56 Å². The van der Waals surface area contributed by atoms with Crippen LogP contribution in [0.2, 0.25) is 0 Å². The van der Waals surface area contributed by atoms with Crippen LogP contribution in [-0.2, 0) is 16.1 Å². The quantitative estimate of drug-likeness (QED) is 0.817. The number of hydrogen-bond acceptors (Lipinski definition) is 4. The SMILES string of the molecule is c1ccc(CC2NOC3CCCN3O2)cc1. The van der Waals surface area contributed by atoms with Crippen LogP contribution in [-0.4, -0.2) is 24.1 Å². The summed E-state index contributed by atoms with van der Waals surface area (Å²) >= 11 is 0. The number of hydroxylamine groups is 3. The lowest BCUT2D eigenvalue weighted by Crippen LogP contribution is -2.51. The van der Waals surface area contributed by atoms with Gasteiger partial charge >= 0.3 is 0 Å². The highest BCUT2D eigenvalue weighted by atomic mass is 16.8. The maximum Gasteiger partial charge on any atom is 0.155 e. The second-order valence-electron chi connectivity index (χ2n) is 4.26. The minimum absolute atomic E-state index is 0.0725. The molecule has 16 heavy (non-hydrogen) atoms. The topological polar surface area (TPSA) is 33.7 Å². The van der Waals surface area contributed by atoms with Crippen molar-refractivity contribution in [2.24, 2.45) is 0 Å². The van der Waals surface area contributed by atoms with Crippen molar-refractivity contribution in [3.63, 3.8) is 0 Å². The van der Waals surface area contributed by atoms with Crippen LogP contribution in [0.5, 0.6) is 0 Å². The Labute approximate surface area is 95.1 Å². The first-order valence-electron chi connectivity index (χ1n) is 5.80. The van der Waals surface area contributed by atoms with Crippen LogP contribution in [0.1, 0.15) is 18.4 Å². The number of benzene rings is 1. The fourth-order valence-corrected chi connectivity index (χ4v) is 2.19. The standard InChI is InChI=1S/C12H16N2O2/c1-2-5-10(6-3-1)9-11-13-15-12-7-4-8-14(12)16-11/h1-3,5-6,11-13H,4,7-9H2. The van der Waals surface area contributed by atoms with Crippen LogP contribution in [0.15, 0.2) is 30.3 Å². The maximum absolute atomic E-state index is 5.81. The molecule has 1 aromatic rings. The van der Waals surface area contributed by atoms with Crippen molar-refractivity contribution in [2.75, 3.05) is 6.54 Å². The maximum atomic E-state index is 5.81. The van der Waals surface area contributed by atoms with Gasteiger partial charge < -0.3 is 0 Å². The fourth-order valence-electron chi connectivity index (χ4n) is 2.19. The molecule has 4 heteroatoms. The Bertz CT molecular complexity index is 344. The van der Waals surface area contributed by atoms with Gasteiger partial charge in [0.15, 0.2) is 12.5 Å². The van der Waals surface area contributed by atoms with Crippen molar-refractivity contribution in [1.29, 1.82) is 0 Å². The molecule has 0 radical (unpaired) electrons. The van der Waals surface area contributed by atoms with Gasteiger partial charge in [-0.15, -0.1) is 0 Å². The first-order chi connectivity index (χ1) is 7.92. The monoisotopic (exact) mass is 220 g/mol. The molecular weight excluding hydrogens is 204 g/mol. The molecule has 0 aromatic heterocycles. The Hall–Kier alpha value is -0.940. The minimum atomic E-state index is -0.0725. The van der Waals surface area contributed by atoms with Gasteiger partial charge in [0.1, 0.15) is 0 Å². The second-order valence-corrected chi connectivity index (χ2v) is 4.26. The Morgan fingerprint density at radius 1 is 1.31 bits per heavy atom. The van der Waals surface area contributed by atoms with Crippen molar-refractivity contribution in [1.82, 2.24) is 10.5 Å². The molecule has 0 aliphatic carbocycles. The van der Waals surface area contributed by atoms with Crippen LogP contribution < -0.4 is 5.48 Å². The lowest BCUT2D eigenvalue weighted by atomic mass is 10.1. The molecule has 2 fully saturated rings. The predicted molar refractivity (Wildman–Crippen MR) is 59.0 cm³/mol. The molecule has 3 rings (SSSR count). The highest BCUT2D eigenvalue weighted by Crippen LogP contribution is 2.22. The average Bonchev–Trinajstić information content (AvgIpc) is 2.77. The molecule has 1 N–H and O–H groups in total. The molecule has 1 aromatic carbocycles. The fraction of sp³-hybridized carbons (Fsp3) is 0.500. The van der Waals surface area contributed by atoms with E-state index in [1.54, 1.807) is 0 Å². The summed E-state index contributed by atoms with van der Waals surface area (Å²) in [5, 5.41) is 1.95. The molecule has 2 aliphatic rings. The van der Waals surface area contributed by atoms with Crippen LogP contribution in [0.4, 0.5) is 0 Å². The second kappa shape index (κ2) is 4.51. The summed E-state index contributed by atoms with van der Waals surface area (Å²) in [5.41, 5.74) is 4.23. The predicted octanol–water partition coefficient (Wildman–Crippen LogP) is 1.44. The van der Waals surface area contributed by atoms with Gasteiger partial charge in [0.25, 0.3) is 0 Å². The van der Waals surface area contributed by atoms with Gasteiger partial charge in [0.2, 0.25) is 0 Å². The van der Waals surface area contributed by atoms with Crippen molar-refractivity contribution in [2.45, 2.75) is 31.7 Å². The molecule has 0 amide bonds. The molecule has 0 bridgehead atoms. The molecule has 4 nitrogen and oxygen atoms in total. The minimum Gasteiger partial charge on any atom is -0.278 e. The number of fused-ring (bicyclic) bond motifs is 1. The van der Waals surface area contributed by atoms with Crippen molar-refractivity contribution in [3.05, 3.63) is 35.9 Å². The van der Waals surface area contributed by atoms with Gasteiger partial charge in [-0.2, -0.15) is 10.5 Å². The number of rotatable bonds is 2. The van der Waals surface area contributed by atoms with E-state index in [0.717, 1.165) is 25.8 Å². The van der Waals surface area contributed by atoms with Crippen molar-refractivity contribution < 1.29 is 9.68 Å². The van der Waals surface area contributed by atoms with E-state index in [0.29, 0.717) is 0 Å².